The molecule has 0 unspecified atom stereocenters. The Morgan fingerprint density at radius 3 is 2.24 bits per heavy atom. The van der Waals surface area contributed by atoms with Gasteiger partial charge in [-0.25, -0.2) is 4.79 Å². The molecule has 9 nitrogen and oxygen atoms in total. The van der Waals surface area contributed by atoms with Crippen LogP contribution in [0.4, 0.5) is 10.5 Å². The van der Waals surface area contributed by atoms with Crippen molar-refractivity contribution in [2.45, 2.75) is 58.7 Å². The molecule has 2 aliphatic rings. The van der Waals surface area contributed by atoms with Crippen molar-refractivity contribution in [3.8, 4) is 5.75 Å². The van der Waals surface area contributed by atoms with Crippen molar-refractivity contribution in [1.29, 1.82) is 0 Å². The Morgan fingerprint density at radius 1 is 0.971 bits per heavy atom. The van der Waals surface area contributed by atoms with Gasteiger partial charge in [0.1, 0.15) is 11.4 Å². The van der Waals surface area contributed by atoms with Crippen molar-refractivity contribution in [3.63, 3.8) is 0 Å². The zero-order valence-corrected chi connectivity index (χ0v) is 20.9. The number of piperazine rings is 1. The maximum atomic E-state index is 13.2. The van der Waals surface area contributed by atoms with E-state index in [0.717, 1.165) is 18.7 Å². The largest absolute Gasteiger partial charge is 0.481 e. The van der Waals surface area contributed by atoms with Crippen molar-refractivity contribution >= 4 is 23.7 Å². The van der Waals surface area contributed by atoms with Crippen LogP contribution in [0.2, 0.25) is 0 Å². The number of carbonyl (C=O) groups is 3. The van der Waals surface area contributed by atoms with Crippen molar-refractivity contribution in [3.05, 3.63) is 24.3 Å². The summed E-state index contributed by atoms with van der Waals surface area (Å²) in [5, 5.41) is 9.37. The zero-order valence-electron chi connectivity index (χ0n) is 20.9. The highest BCUT2D eigenvalue weighted by molar-refractivity contribution is 5.85. The average Bonchev–Trinajstić information content (AvgIpc) is 2.77. The monoisotopic (exact) mass is 475 g/mol. The second kappa shape index (κ2) is 10.1. The van der Waals surface area contributed by atoms with Crippen LogP contribution in [0.3, 0.4) is 0 Å². The van der Waals surface area contributed by atoms with E-state index in [4.69, 9.17) is 9.47 Å². The number of rotatable bonds is 5. The van der Waals surface area contributed by atoms with Crippen molar-refractivity contribution < 1.29 is 29.0 Å². The summed E-state index contributed by atoms with van der Waals surface area (Å²) in [6.07, 6.45) is 1.14. The van der Waals surface area contributed by atoms with Gasteiger partial charge in [-0.1, -0.05) is 6.07 Å². The topological polar surface area (TPSA) is 99.6 Å². The molecule has 1 aromatic rings. The summed E-state index contributed by atoms with van der Waals surface area (Å²) in [4.78, 5) is 42.3. The van der Waals surface area contributed by atoms with Crippen molar-refractivity contribution in [1.82, 2.24) is 9.80 Å². The molecular formula is C25H37N3O6. The standard InChI is InChI=1S/C25H37N3O6/c1-24(2,3)34-23(32)27-14-12-26(13-15-27)22(31)25(4,5)33-20-10-6-9-19(16-20)28-11-7-8-18(17-28)21(29)30/h6,9-10,16,18H,7-8,11-15,17H2,1-5H3,(H,29,30)/t18-/m1/s1. The molecule has 1 N–H and O–H groups in total. The zero-order chi connectivity index (χ0) is 25.1. The molecule has 0 saturated carbocycles. The Bertz CT molecular complexity index is 902. The second-order valence-electron chi connectivity index (χ2n) is 10.5. The van der Waals surface area contributed by atoms with E-state index in [1.807, 2.05) is 39.0 Å². The third kappa shape index (κ3) is 6.55. The Kier molecular flexibility index (Phi) is 7.63. The van der Waals surface area contributed by atoms with Gasteiger partial charge in [0.15, 0.2) is 5.60 Å². The molecule has 2 aliphatic heterocycles. The molecule has 0 spiro atoms. The number of nitrogens with zero attached hydrogens (tertiary/aromatic N) is 3. The molecular weight excluding hydrogens is 438 g/mol. The number of carbonyl (C=O) groups excluding carboxylic acids is 2. The molecule has 9 heteroatoms. The number of anilines is 1. The molecule has 2 amide bonds. The maximum absolute atomic E-state index is 13.2. The first kappa shape index (κ1) is 25.6. The Morgan fingerprint density at radius 2 is 1.62 bits per heavy atom. The van der Waals surface area contributed by atoms with Crippen LogP contribution in [-0.4, -0.2) is 83.3 Å². The number of piperidine rings is 1. The van der Waals surface area contributed by atoms with Gasteiger partial charge in [0.05, 0.1) is 5.92 Å². The van der Waals surface area contributed by atoms with Crippen LogP contribution in [0.15, 0.2) is 24.3 Å². The molecule has 2 fully saturated rings. The summed E-state index contributed by atoms with van der Waals surface area (Å²) >= 11 is 0. The first-order valence-corrected chi connectivity index (χ1v) is 11.9. The van der Waals surface area contributed by atoms with Gasteiger partial charge < -0.3 is 29.3 Å². The van der Waals surface area contributed by atoms with Crippen LogP contribution < -0.4 is 9.64 Å². The van der Waals surface area contributed by atoms with Gasteiger partial charge >= 0.3 is 12.1 Å². The van der Waals surface area contributed by atoms with Crippen LogP contribution in [0.25, 0.3) is 0 Å². The summed E-state index contributed by atoms with van der Waals surface area (Å²) in [6.45, 7) is 11.9. The molecule has 3 rings (SSSR count). The highest BCUT2D eigenvalue weighted by Gasteiger charge is 2.37. The summed E-state index contributed by atoms with van der Waals surface area (Å²) in [7, 11) is 0. The normalized spacial score (nSPS) is 19.6. The molecule has 0 aliphatic carbocycles. The van der Waals surface area contributed by atoms with E-state index in [0.29, 0.717) is 44.9 Å². The highest BCUT2D eigenvalue weighted by Crippen LogP contribution is 2.29. The van der Waals surface area contributed by atoms with Crippen LogP contribution in [0, 0.1) is 5.92 Å². The van der Waals surface area contributed by atoms with Crippen molar-refractivity contribution in [2.24, 2.45) is 5.92 Å². The van der Waals surface area contributed by atoms with Crippen LogP contribution in [0.5, 0.6) is 5.75 Å². The minimum Gasteiger partial charge on any atom is -0.481 e. The van der Waals surface area contributed by atoms with Gasteiger partial charge in [0.25, 0.3) is 5.91 Å². The molecule has 0 radical (unpaired) electrons. The fraction of sp³-hybridized carbons (Fsp3) is 0.640. The predicted molar refractivity (Wildman–Crippen MR) is 128 cm³/mol. The molecule has 0 bridgehead atoms. The van der Waals surface area contributed by atoms with E-state index in [-0.39, 0.29) is 17.9 Å². The summed E-state index contributed by atoms with van der Waals surface area (Å²) < 4.78 is 11.5. The number of benzene rings is 1. The first-order chi connectivity index (χ1) is 15.9. The molecule has 2 heterocycles. The second-order valence-corrected chi connectivity index (χ2v) is 10.5. The molecule has 2 saturated heterocycles. The molecule has 1 atom stereocenters. The van der Waals surface area contributed by atoms with E-state index in [9.17, 15) is 19.5 Å². The van der Waals surface area contributed by atoms with Gasteiger partial charge in [-0.05, 0) is 59.6 Å². The molecule has 0 aromatic heterocycles. The quantitative estimate of drug-likeness (QED) is 0.698. The van der Waals surface area contributed by atoms with E-state index in [1.165, 1.54) is 0 Å². The van der Waals surface area contributed by atoms with E-state index in [1.54, 1.807) is 29.7 Å². The third-order valence-corrected chi connectivity index (χ3v) is 6.06. The summed E-state index contributed by atoms with van der Waals surface area (Å²) in [5.74, 6) is -0.738. The number of carboxylic acids is 1. The molecule has 1 aromatic carbocycles. The third-order valence-electron chi connectivity index (χ3n) is 6.06. The number of ether oxygens (including phenoxy) is 2. The van der Waals surface area contributed by atoms with Crippen LogP contribution in [0.1, 0.15) is 47.5 Å². The van der Waals surface area contributed by atoms with Crippen LogP contribution in [-0.2, 0) is 14.3 Å². The fourth-order valence-electron chi connectivity index (χ4n) is 4.29. The van der Waals surface area contributed by atoms with Gasteiger partial charge in [0.2, 0.25) is 0 Å². The lowest BCUT2D eigenvalue weighted by Gasteiger charge is -2.39. The first-order valence-electron chi connectivity index (χ1n) is 11.9. The molecule has 34 heavy (non-hydrogen) atoms. The highest BCUT2D eigenvalue weighted by atomic mass is 16.6. The number of hydrogen-bond acceptors (Lipinski definition) is 6. The smallest absolute Gasteiger partial charge is 0.410 e. The number of carboxylic acid groups (broad SMARTS) is 1. The van der Waals surface area contributed by atoms with E-state index in [2.05, 4.69) is 4.90 Å². The number of aliphatic carboxylic acids is 1. The Balaban J connectivity index is 1.59. The minimum atomic E-state index is -1.10. The van der Waals surface area contributed by atoms with E-state index < -0.39 is 17.2 Å². The lowest BCUT2D eigenvalue weighted by molar-refractivity contribution is -0.147. The Labute approximate surface area is 201 Å². The van der Waals surface area contributed by atoms with Gasteiger partial charge in [-0.15, -0.1) is 0 Å². The van der Waals surface area contributed by atoms with Gasteiger partial charge in [-0.2, -0.15) is 0 Å². The van der Waals surface area contributed by atoms with Crippen molar-refractivity contribution in [2.75, 3.05) is 44.2 Å². The van der Waals surface area contributed by atoms with E-state index >= 15 is 0 Å². The van der Waals surface area contributed by atoms with Gasteiger partial charge in [0, 0.05) is 51.0 Å². The number of amides is 2. The lowest BCUT2D eigenvalue weighted by Crippen LogP contribution is -2.57. The Hall–Kier alpha value is -2.97. The average molecular weight is 476 g/mol. The number of hydrogen-bond donors (Lipinski definition) is 1. The maximum Gasteiger partial charge on any atom is 0.410 e. The predicted octanol–water partition coefficient (Wildman–Crippen LogP) is 3.22. The van der Waals surface area contributed by atoms with Crippen LogP contribution >= 0.6 is 0 Å². The molecule has 188 valence electrons. The van der Waals surface area contributed by atoms with Gasteiger partial charge in [-0.3, -0.25) is 9.59 Å². The lowest BCUT2D eigenvalue weighted by atomic mass is 9.98. The summed E-state index contributed by atoms with van der Waals surface area (Å²) in [5.41, 5.74) is -0.771. The fourth-order valence-corrected chi connectivity index (χ4v) is 4.29. The summed E-state index contributed by atoms with van der Waals surface area (Å²) in [6, 6.07) is 7.45. The SMILES string of the molecule is CC(C)(C)OC(=O)N1CCN(C(=O)C(C)(C)Oc2cccc(N3CCC[C@@H](C(=O)O)C3)c2)CC1. The minimum absolute atomic E-state index is 0.148.